The smallest absolute Gasteiger partial charge is 0.193 e. The third-order valence-corrected chi connectivity index (χ3v) is 6.24. The number of unbranched alkanes of at least 4 members (excludes halogenated alkanes) is 4. The van der Waals surface area contributed by atoms with Crippen molar-refractivity contribution in [3.05, 3.63) is 53.1 Å². The van der Waals surface area contributed by atoms with Crippen molar-refractivity contribution in [2.75, 3.05) is 26.4 Å². The van der Waals surface area contributed by atoms with Gasteiger partial charge in [0.05, 0.1) is 26.4 Å². The van der Waals surface area contributed by atoms with Crippen LogP contribution in [0.3, 0.4) is 0 Å². The molecular formula is C33H48O5. The Balaban J connectivity index is 2.48. The van der Waals surface area contributed by atoms with Crippen molar-refractivity contribution in [2.45, 2.75) is 92.4 Å². The Bertz CT molecular complexity index is 995. The standard InChI is InChI=1S/C33H48O5/c1-6-11-21-35-29-18-15-26(10-5)25-27(29)16-17-28(34)32-30(36-22-12-7-2)19-20-31(37-23-13-8-3)33(32)38-24-14-9-4/h15-20,25H,6-14,21-24H2,1-5H3. The lowest BCUT2D eigenvalue weighted by Gasteiger charge is -2.19. The first-order valence-electron chi connectivity index (χ1n) is 14.6. The van der Waals surface area contributed by atoms with Crippen LogP contribution in [0, 0.1) is 0 Å². The molecule has 0 aliphatic carbocycles. The summed E-state index contributed by atoms with van der Waals surface area (Å²) in [5, 5.41) is 0. The second-order valence-electron chi connectivity index (χ2n) is 9.50. The molecule has 5 nitrogen and oxygen atoms in total. The number of hydrogen-bond acceptors (Lipinski definition) is 5. The Morgan fingerprint density at radius 3 is 1.74 bits per heavy atom. The van der Waals surface area contributed by atoms with E-state index in [-0.39, 0.29) is 5.78 Å². The van der Waals surface area contributed by atoms with Gasteiger partial charge in [-0.1, -0.05) is 66.4 Å². The molecule has 0 N–H and O–H groups in total. The van der Waals surface area contributed by atoms with E-state index in [1.165, 1.54) is 5.56 Å². The van der Waals surface area contributed by atoms with Crippen molar-refractivity contribution in [3.8, 4) is 23.0 Å². The molecule has 0 aliphatic rings. The number of ketones is 1. The van der Waals surface area contributed by atoms with Crippen molar-refractivity contribution < 1.29 is 23.7 Å². The highest BCUT2D eigenvalue weighted by molar-refractivity contribution is 6.11. The zero-order chi connectivity index (χ0) is 27.6. The minimum atomic E-state index is -0.176. The quantitative estimate of drug-likeness (QED) is 0.0983. The molecule has 0 saturated carbocycles. The fourth-order valence-corrected chi connectivity index (χ4v) is 3.78. The largest absolute Gasteiger partial charge is 0.493 e. The summed E-state index contributed by atoms with van der Waals surface area (Å²) in [5.41, 5.74) is 2.51. The molecule has 2 aromatic rings. The normalized spacial score (nSPS) is 11.1. The van der Waals surface area contributed by atoms with E-state index in [1.54, 1.807) is 6.08 Å². The van der Waals surface area contributed by atoms with Gasteiger partial charge in [-0.25, -0.2) is 0 Å². The van der Waals surface area contributed by atoms with Gasteiger partial charge in [-0.15, -0.1) is 0 Å². The van der Waals surface area contributed by atoms with Gasteiger partial charge in [-0.05, 0) is 74.1 Å². The maximum Gasteiger partial charge on any atom is 0.193 e. The molecule has 0 aromatic heterocycles. The predicted octanol–water partition coefficient (Wildman–Crippen LogP) is 8.86. The summed E-state index contributed by atoms with van der Waals surface area (Å²) in [7, 11) is 0. The van der Waals surface area contributed by atoms with Crippen LogP contribution in [0.4, 0.5) is 0 Å². The molecule has 0 radical (unpaired) electrons. The van der Waals surface area contributed by atoms with Crippen LogP contribution >= 0.6 is 0 Å². The van der Waals surface area contributed by atoms with Crippen LogP contribution in [0.2, 0.25) is 0 Å². The molecule has 0 fully saturated rings. The molecule has 0 atom stereocenters. The SMILES string of the molecule is CCCCOc1ccc(CC)cc1C=CC(=O)c1c(OCCCC)ccc(OCCCC)c1OCCCC. The van der Waals surface area contributed by atoms with E-state index in [9.17, 15) is 4.79 Å². The van der Waals surface area contributed by atoms with E-state index in [0.29, 0.717) is 49.2 Å². The number of carbonyl (C=O) groups excluding carboxylic acids is 1. The van der Waals surface area contributed by atoms with Gasteiger partial charge < -0.3 is 18.9 Å². The summed E-state index contributed by atoms with van der Waals surface area (Å²) in [6.07, 6.45) is 12.2. The van der Waals surface area contributed by atoms with Crippen LogP contribution < -0.4 is 18.9 Å². The van der Waals surface area contributed by atoms with Gasteiger partial charge in [0.1, 0.15) is 17.1 Å². The third-order valence-electron chi connectivity index (χ3n) is 6.24. The van der Waals surface area contributed by atoms with Crippen molar-refractivity contribution >= 4 is 11.9 Å². The van der Waals surface area contributed by atoms with E-state index in [0.717, 1.165) is 69.1 Å². The Morgan fingerprint density at radius 2 is 1.16 bits per heavy atom. The van der Waals surface area contributed by atoms with Gasteiger partial charge in [0.25, 0.3) is 0 Å². The van der Waals surface area contributed by atoms with Crippen molar-refractivity contribution in [1.82, 2.24) is 0 Å². The lowest BCUT2D eigenvalue weighted by atomic mass is 10.0. The van der Waals surface area contributed by atoms with E-state index >= 15 is 0 Å². The summed E-state index contributed by atoms with van der Waals surface area (Å²) < 4.78 is 24.4. The molecule has 0 heterocycles. The number of allylic oxidation sites excluding steroid dienone is 1. The molecule has 210 valence electrons. The van der Waals surface area contributed by atoms with Crippen LogP contribution in [-0.2, 0) is 6.42 Å². The average Bonchev–Trinajstić information content (AvgIpc) is 2.93. The Kier molecular flexibility index (Phi) is 15.1. The average molecular weight is 525 g/mol. The number of ether oxygens (including phenoxy) is 4. The summed E-state index contributed by atoms with van der Waals surface area (Å²) >= 11 is 0. The maximum atomic E-state index is 13.8. The van der Waals surface area contributed by atoms with Gasteiger partial charge in [0.15, 0.2) is 17.3 Å². The highest BCUT2D eigenvalue weighted by Gasteiger charge is 2.22. The Labute approximate surface area is 230 Å². The summed E-state index contributed by atoms with van der Waals surface area (Å²) in [6, 6.07) is 9.87. The molecule has 0 unspecified atom stereocenters. The topological polar surface area (TPSA) is 54.0 Å². The first-order valence-corrected chi connectivity index (χ1v) is 14.6. The zero-order valence-corrected chi connectivity index (χ0v) is 24.3. The number of rotatable bonds is 20. The molecule has 0 saturated heterocycles. The lowest BCUT2D eigenvalue weighted by molar-refractivity contribution is 0.103. The van der Waals surface area contributed by atoms with Crippen LogP contribution in [0.25, 0.3) is 6.08 Å². The summed E-state index contributed by atoms with van der Waals surface area (Å²) in [4.78, 5) is 13.8. The van der Waals surface area contributed by atoms with Crippen molar-refractivity contribution in [1.29, 1.82) is 0 Å². The number of carbonyl (C=O) groups is 1. The fraction of sp³-hybridized carbons (Fsp3) is 0.545. The highest BCUT2D eigenvalue weighted by Crippen LogP contribution is 2.39. The fourth-order valence-electron chi connectivity index (χ4n) is 3.78. The molecule has 5 heteroatoms. The minimum absolute atomic E-state index is 0.176. The number of aryl methyl sites for hydroxylation is 1. The predicted molar refractivity (Wildman–Crippen MR) is 157 cm³/mol. The monoisotopic (exact) mass is 524 g/mol. The third kappa shape index (κ3) is 10.1. The van der Waals surface area contributed by atoms with E-state index < -0.39 is 0 Å². The van der Waals surface area contributed by atoms with Gasteiger partial charge in [-0.3, -0.25) is 4.79 Å². The molecule has 2 rings (SSSR count). The van der Waals surface area contributed by atoms with E-state index in [4.69, 9.17) is 18.9 Å². The highest BCUT2D eigenvalue weighted by atomic mass is 16.5. The van der Waals surface area contributed by atoms with Crippen molar-refractivity contribution in [3.63, 3.8) is 0 Å². The van der Waals surface area contributed by atoms with Crippen LogP contribution in [0.1, 0.15) is 107 Å². The van der Waals surface area contributed by atoms with Crippen molar-refractivity contribution in [2.24, 2.45) is 0 Å². The molecule has 0 spiro atoms. The first-order chi connectivity index (χ1) is 18.6. The second kappa shape index (κ2) is 18.3. The molecule has 2 aromatic carbocycles. The number of benzene rings is 2. The first kappa shape index (κ1) is 31.3. The second-order valence-corrected chi connectivity index (χ2v) is 9.50. The number of hydrogen-bond donors (Lipinski definition) is 0. The molecule has 0 aliphatic heterocycles. The van der Waals surface area contributed by atoms with Crippen LogP contribution in [0.15, 0.2) is 36.4 Å². The van der Waals surface area contributed by atoms with Gasteiger partial charge in [0, 0.05) is 5.56 Å². The van der Waals surface area contributed by atoms with E-state index in [1.807, 2.05) is 24.3 Å². The van der Waals surface area contributed by atoms with E-state index in [2.05, 4.69) is 46.8 Å². The van der Waals surface area contributed by atoms with Gasteiger partial charge in [-0.2, -0.15) is 0 Å². The van der Waals surface area contributed by atoms with Gasteiger partial charge >= 0.3 is 0 Å². The Hall–Kier alpha value is -2.95. The lowest BCUT2D eigenvalue weighted by Crippen LogP contribution is -2.10. The molecular weight excluding hydrogens is 476 g/mol. The summed E-state index contributed by atoms with van der Waals surface area (Å²) in [5.74, 6) is 2.20. The Morgan fingerprint density at radius 1 is 0.658 bits per heavy atom. The summed E-state index contributed by atoms with van der Waals surface area (Å²) in [6.45, 7) is 12.9. The minimum Gasteiger partial charge on any atom is -0.493 e. The maximum absolute atomic E-state index is 13.8. The van der Waals surface area contributed by atoms with Crippen LogP contribution in [-0.4, -0.2) is 32.2 Å². The van der Waals surface area contributed by atoms with Crippen LogP contribution in [0.5, 0.6) is 23.0 Å². The molecule has 38 heavy (non-hydrogen) atoms. The molecule has 0 bridgehead atoms. The molecule has 0 amide bonds. The zero-order valence-electron chi connectivity index (χ0n) is 24.3. The van der Waals surface area contributed by atoms with Gasteiger partial charge in [0.2, 0.25) is 0 Å².